The molecule has 0 saturated heterocycles. The Morgan fingerprint density at radius 3 is 1.55 bits per heavy atom. The van der Waals surface area contributed by atoms with Crippen LogP contribution in [0.25, 0.3) is 0 Å². The van der Waals surface area contributed by atoms with Crippen molar-refractivity contribution in [3.05, 3.63) is 0 Å². The number of carbonyl (C=O) groups excluding carboxylic acids is 1. The summed E-state index contributed by atoms with van der Waals surface area (Å²) in [4.78, 5) is 10.3. The van der Waals surface area contributed by atoms with Crippen LogP contribution in [0.15, 0.2) is 0 Å². The van der Waals surface area contributed by atoms with Gasteiger partial charge in [-0.25, -0.2) is 0 Å². The molecule has 0 atom stereocenters. The van der Waals surface area contributed by atoms with E-state index in [-0.39, 0.29) is 8.41 Å². The Balaban J connectivity index is -0.000000196. The predicted octanol–water partition coefficient (Wildman–Crippen LogP) is 1.75. The average Bonchev–Trinajstić information content (AvgIpc) is 1.89. The molecule has 0 unspecified atom stereocenters. The molecule has 0 aliphatic heterocycles. The van der Waals surface area contributed by atoms with Gasteiger partial charge in [-0.15, -0.1) is 0 Å². The molecule has 65 valence electrons. The summed E-state index contributed by atoms with van der Waals surface area (Å²) in [5.74, 6) is -0.623. The highest BCUT2D eigenvalue weighted by Gasteiger charge is 2.28. The summed E-state index contributed by atoms with van der Waals surface area (Å²) in [6.07, 6.45) is 0. The minimum atomic E-state index is -1.82. The molecular formula is C5H10BCl3NO. The van der Waals surface area contributed by atoms with Crippen LogP contribution in [0.3, 0.4) is 0 Å². The molecule has 0 spiro atoms. The van der Waals surface area contributed by atoms with Gasteiger partial charge >= 0.3 is 0 Å². The van der Waals surface area contributed by atoms with E-state index in [0.717, 1.165) is 0 Å². The van der Waals surface area contributed by atoms with E-state index in [1.54, 1.807) is 0 Å². The molecule has 0 bridgehead atoms. The lowest BCUT2D eigenvalue weighted by Crippen LogP contribution is -2.31. The van der Waals surface area contributed by atoms with Crippen LogP contribution in [-0.4, -0.2) is 25.2 Å². The van der Waals surface area contributed by atoms with Crippen LogP contribution in [0.2, 0.25) is 0 Å². The van der Waals surface area contributed by atoms with Crippen LogP contribution in [0.4, 0.5) is 0 Å². The fourth-order valence-electron chi connectivity index (χ4n) is 0.142. The molecule has 0 aliphatic rings. The summed E-state index contributed by atoms with van der Waals surface area (Å²) < 4.78 is -1.82. The van der Waals surface area contributed by atoms with E-state index in [2.05, 4.69) is 5.32 Å². The normalized spacial score (nSPS) is 8.55. The van der Waals surface area contributed by atoms with Crippen molar-refractivity contribution in [1.29, 1.82) is 0 Å². The molecule has 0 rings (SSSR count). The van der Waals surface area contributed by atoms with Gasteiger partial charge in [0.15, 0.2) is 0 Å². The molecule has 0 aromatic rings. The van der Waals surface area contributed by atoms with Crippen molar-refractivity contribution in [2.24, 2.45) is 0 Å². The average molecular weight is 217 g/mol. The van der Waals surface area contributed by atoms with Crippen molar-refractivity contribution >= 4 is 49.1 Å². The van der Waals surface area contributed by atoms with Gasteiger partial charge in [0.1, 0.15) is 0 Å². The standard InChI is InChI=1S/C3H4Cl3NO.C2H6.B/c1-7-2(8)3(4,5)6;1-2;/h1H3,(H,7,8);1-2H3;. The number of hydrogen-bond donors (Lipinski definition) is 1. The number of halogens is 3. The van der Waals surface area contributed by atoms with E-state index in [9.17, 15) is 4.79 Å². The lowest BCUT2D eigenvalue weighted by atomic mass is 10.7. The Kier molecular flexibility index (Phi) is 13.5. The summed E-state index contributed by atoms with van der Waals surface area (Å²) >= 11 is 15.3. The van der Waals surface area contributed by atoms with E-state index in [1.807, 2.05) is 13.8 Å². The summed E-state index contributed by atoms with van der Waals surface area (Å²) in [5, 5.41) is 2.17. The van der Waals surface area contributed by atoms with Crippen molar-refractivity contribution in [2.75, 3.05) is 7.05 Å². The summed E-state index contributed by atoms with van der Waals surface area (Å²) in [5.41, 5.74) is 0. The van der Waals surface area contributed by atoms with Crippen LogP contribution >= 0.6 is 34.8 Å². The second kappa shape index (κ2) is 8.50. The topological polar surface area (TPSA) is 29.1 Å². The number of amides is 1. The SMILES string of the molecule is CC.CNC(=O)C(Cl)(Cl)Cl.[B]. The van der Waals surface area contributed by atoms with E-state index < -0.39 is 9.70 Å². The van der Waals surface area contributed by atoms with Gasteiger partial charge in [-0.3, -0.25) is 4.79 Å². The Morgan fingerprint density at radius 1 is 1.27 bits per heavy atom. The minimum Gasteiger partial charge on any atom is -0.355 e. The maximum absolute atomic E-state index is 10.3. The molecule has 0 heterocycles. The van der Waals surface area contributed by atoms with Gasteiger partial charge in [0.2, 0.25) is 0 Å². The number of carbonyl (C=O) groups is 1. The third-order valence-corrected chi connectivity index (χ3v) is 0.999. The molecule has 6 heteroatoms. The smallest absolute Gasteiger partial charge is 0.271 e. The Labute approximate surface area is 84.1 Å². The Morgan fingerprint density at radius 2 is 1.55 bits per heavy atom. The largest absolute Gasteiger partial charge is 0.355 e. The second-order valence-corrected chi connectivity index (χ2v) is 3.36. The quantitative estimate of drug-likeness (QED) is 0.486. The van der Waals surface area contributed by atoms with E-state index in [4.69, 9.17) is 34.8 Å². The number of hydrogen-bond acceptors (Lipinski definition) is 1. The van der Waals surface area contributed by atoms with Crippen LogP contribution in [0.5, 0.6) is 0 Å². The highest BCUT2D eigenvalue weighted by atomic mass is 35.6. The monoisotopic (exact) mass is 216 g/mol. The molecule has 0 aromatic heterocycles. The van der Waals surface area contributed by atoms with Crippen molar-refractivity contribution < 1.29 is 4.79 Å². The molecule has 2 nitrogen and oxygen atoms in total. The molecule has 0 saturated carbocycles. The molecule has 0 aliphatic carbocycles. The summed E-state index contributed by atoms with van der Waals surface area (Å²) in [6, 6.07) is 0. The fourth-order valence-corrected chi connectivity index (χ4v) is 0.425. The lowest BCUT2D eigenvalue weighted by molar-refractivity contribution is -0.119. The fraction of sp³-hybridized carbons (Fsp3) is 0.800. The van der Waals surface area contributed by atoms with E-state index in [1.165, 1.54) is 7.05 Å². The molecule has 1 N–H and O–H groups in total. The zero-order valence-electron chi connectivity index (χ0n) is 6.62. The molecule has 0 fully saturated rings. The Bertz CT molecular complexity index is 104. The first-order valence-corrected chi connectivity index (χ1v) is 3.90. The van der Waals surface area contributed by atoms with Crippen LogP contribution in [-0.2, 0) is 4.79 Å². The van der Waals surface area contributed by atoms with Gasteiger partial charge in [0, 0.05) is 15.5 Å². The second-order valence-electron chi connectivity index (χ2n) is 1.08. The molecular weight excluding hydrogens is 207 g/mol. The summed E-state index contributed by atoms with van der Waals surface area (Å²) in [7, 11) is 1.39. The number of nitrogens with one attached hydrogen (secondary N) is 1. The van der Waals surface area contributed by atoms with E-state index in [0.29, 0.717) is 0 Å². The highest BCUT2D eigenvalue weighted by Crippen LogP contribution is 2.25. The third kappa shape index (κ3) is 10.4. The first-order chi connectivity index (χ1) is 4.48. The van der Waals surface area contributed by atoms with Gasteiger partial charge in [-0.05, 0) is 0 Å². The third-order valence-electron chi connectivity index (χ3n) is 0.485. The molecule has 11 heavy (non-hydrogen) atoms. The minimum absolute atomic E-state index is 0. The zero-order chi connectivity index (χ0) is 8.78. The van der Waals surface area contributed by atoms with Crippen molar-refractivity contribution in [3.63, 3.8) is 0 Å². The van der Waals surface area contributed by atoms with Crippen molar-refractivity contribution in [3.8, 4) is 0 Å². The number of alkyl halides is 3. The Hall–Kier alpha value is 0.405. The molecule has 1 amide bonds. The lowest BCUT2D eigenvalue weighted by Gasteiger charge is -2.06. The van der Waals surface area contributed by atoms with Crippen LogP contribution in [0.1, 0.15) is 13.8 Å². The first-order valence-electron chi connectivity index (χ1n) is 2.77. The van der Waals surface area contributed by atoms with Gasteiger partial charge in [-0.1, -0.05) is 48.7 Å². The van der Waals surface area contributed by atoms with Gasteiger partial charge in [0.25, 0.3) is 9.70 Å². The van der Waals surface area contributed by atoms with Crippen LogP contribution in [0, 0.1) is 0 Å². The van der Waals surface area contributed by atoms with Gasteiger partial charge in [0.05, 0.1) is 0 Å². The zero-order valence-corrected chi connectivity index (χ0v) is 8.89. The predicted molar refractivity (Wildman–Crippen MR) is 51.5 cm³/mol. The molecule has 0 aromatic carbocycles. The highest BCUT2D eigenvalue weighted by molar-refractivity contribution is 6.76. The van der Waals surface area contributed by atoms with E-state index >= 15 is 0 Å². The van der Waals surface area contributed by atoms with Gasteiger partial charge in [-0.2, -0.15) is 0 Å². The summed E-state index contributed by atoms with van der Waals surface area (Å²) in [6.45, 7) is 4.00. The first kappa shape index (κ1) is 17.5. The number of rotatable bonds is 0. The van der Waals surface area contributed by atoms with Crippen molar-refractivity contribution in [1.82, 2.24) is 5.32 Å². The maximum atomic E-state index is 10.3. The van der Waals surface area contributed by atoms with Crippen molar-refractivity contribution in [2.45, 2.75) is 17.6 Å². The van der Waals surface area contributed by atoms with Gasteiger partial charge < -0.3 is 5.32 Å². The van der Waals surface area contributed by atoms with Crippen LogP contribution < -0.4 is 5.32 Å². The maximum Gasteiger partial charge on any atom is 0.271 e. The molecule has 3 radical (unpaired) electrons.